The second-order valence-corrected chi connectivity index (χ2v) is 6.40. The first kappa shape index (κ1) is 17.3. The first-order chi connectivity index (χ1) is 13.1. The van der Waals surface area contributed by atoms with Gasteiger partial charge < -0.3 is 10.6 Å². The van der Waals surface area contributed by atoms with E-state index in [2.05, 4.69) is 25.9 Å². The second-order valence-electron chi connectivity index (χ2n) is 6.40. The lowest BCUT2D eigenvalue weighted by atomic mass is 10.1. The summed E-state index contributed by atoms with van der Waals surface area (Å²) in [5.41, 5.74) is 0.570. The van der Waals surface area contributed by atoms with Gasteiger partial charge in [0.1, 0.15) is 0 Å². The molecule has 3 aromatic rings. The van der Waals surface area contributed by atoms with Gasteiger partial charge in [-0.05, 0) is 37.6 Å². The molecule has 7 nitrogen and oxygen atoms in total. The first-order valence-corrected chi connectivity index (χ1v) is 8.69. The molecule has 4 rings (SSSR count). The van der Waals surface area contributed by atoms with Crippen LogP contribution in [0.5, 0.6) is 0 Å². The number of nitrogens with zero attached hydrogens (tertiary/aromatic N) is 3. The van der Waals surface area contributed by atoms with Crippen LogP contribution >= 0.6 is 0 Å². The van der Waals surface area contributed by atoms with Gasteiger partial charge in [-0.3, -0.25) is 14.6 Å². The van der Waals surface area contributed by atoms with Crippen LogP contribution in [0.25, 0.3) is 11.3 Å². The molecule has 0 radical (unpaired) electrons. The van der Waals surface area contributed by atoms with Crippen LogP contribution < -0.4 is 10.6 Å². The SMILES string of the molecule is O=C(Nc1cc(-c2cccc(F)c2F)[nH]n1)c1ccn(C2CCCNC2)n1. The third-order valence-electron chi connectivity index (χ3n) is 4.55. The molecule has 2 aromatic heterocycles. The molecule has 3 N–H and O–H groups in total. The molecule has 1 aliphatic heterocycles. The van der Waals surface area contributed by atoms with Gasteiger partial charge >= 0.3 is 0 Å². The lowest BCUT2D eigenvalue weighted by Crippen LogP contribution is -2.32. The number of rotatable bonds is 4. The summed E-state index contributed by atoms with van der Waals surface area (Å²) in [5, 5.41) is 16.8. The quantitative estimate of drug-likeness (QED) is 0.657. The van der Waals surface area contributed by atoms with Crippen LogP contribution in [0.15, 0.2) is 36.5 Å². The normalized spacial score (nSPS) is 17.0. The van der Waals surface area contributed by atoms with E-state index in [0.29, 0.717) is 0 Å². The largest absolute Gasteiger partial charge is 0.315 e. The molecule has 1 fully saturated rings. The number of anilines is 1. The number of H-pyrrole nitrogens is 1. The van der Waals surface area contributed by atoms with Crippen molar-refractivity contribution in [2.45, 2.75) is 18.9 Å². The second kappa shape index (κ2) is 7.28. The van der Waals surface area contributed by atoms with Gasteiger partial charge in [0.05, 0.1) is 11.7 Å². The van der Waals surface area contributed by atoms with E-state index < -0.39 is 17.5 Å². The Morgan fingerprint density at radius 3 is 3.00 bits per heavy atom. The maximum Gasteiger partial charge on any atom is 0.277 e. The van der Waals surface area contributed by atoms with Crippen LogP contribution in [0.3, 0.4) is 0 Å². The van der Waals surface area contributed by atoms with E-state index in [1.54, 1.807) is 16.9 Å². The number of aromatic nitrogens is 4. The molecule has 1 aromatic carbocycles. The van der Waals surface area contributed by atoms with Crippen LogP contribution in [0.1, 0.15) is 29.4 Å². The maximum atomic E-state index is 13.9. The third kappa shape index (κ3) is 3.59. The fraction of sp³-hybridized carbons (Fsp3) is 0.278. The number of aromatic amines is 1. The van der Waals surface area contributed by atoms with Crippen molar-refractivity contribution in [1.29, 1.82) is 0 Å². The summed E-state index contributed by atoms with van der Waals surface area (Å²) in [4.78, 5) is 12.4. The van der Waals surface area contributed by atoms with Crippen molar-refractivity contribution in [3.63, 3.8) is 0 Å². The molecular weight excluding hydrogens is 354 g/mol. The molecule has 0 spiro atoms. The molecule has 0 aliphatic carbocycles. The minimum Gasteiger partial charge on any atom is -0.315 e. The summed E-state index contributed by atoms with van der Waals surface area (Å²) in [5.74, 6) is -2.14. The highest BCUT2D eigenvalue weighted by Gasteiger charge is 2.19. The molecule has 0 saturated carbocycles. The van der Waals surface area contributed by atoms with Gasteiger partial charge in [-0.1, -0.05) is 6.07 Å². The number of piperidine rings is 1. The van der Waals surface area contributed by atoms with Gasteiger partial charge in [-0.15, -0.1) is 0 Å². The minimum absolute atomic E-state index is 0.0390. The number of amides is 1. The summed E-state index contributed by atoms with van der Waals surface area (Å²) in [6.07, 6.45) is 3.86. The van der Waals surface area contributed by atoms with Gasteiger partial charge in [0.2, 0.25) is 0 Å². The Morgan fingerprint density at radius 2 is 2.19 bits per heavy atom. The number of hydrogen-bond acceptors (Lipinski definition) is 4. The molecule has 1 atom stereocenters. The van der Waals surface area contributed by atoms with Crippen LogP contribution in [0.4, 0.5) is 14.6 Å². The van der Waals surface area contributed by atoms with Crippen molar-refractivity contribution in [3.05, 3.63) is 53.9 Å². The van der Waals surface area contributed by atoms with E-state index in [4.69, 9.17) is 0 Å². The lowest BCUT2D eigenvalue weighted by Gasteiger charge is -2.22. The molecule has 1 unspecified atom stereocenters. The zero-order valence-electron chi connectivity index (χ0n) is 14.4. The average Bonchev–Trinajstić information content (AvgIpc) is 3.34. The summed E-state index contributed by atoms with van der Waals surface area (Å²) in [6, 6.07) is 7.18. The highest BCUT2D eigenvalue weighted by Crippen LogP contribution is 2.24. The average molecular weight is 372 g/mol. The molecular formula is C18H18F2N6O. The van der Waals surface area contributed by atoms with Crippen molar-refractivity contribution in [2.75, 3.05) is 18.4 Å². The molecule has 3 heterocycles. The molecule has 1 aliphatic rings. The van der Waals surface area contributed by atoms with Crippen molar-refractivity contribution in [1.82, 2.24) is 25.3 Å². The number of nitrogens with one attached hydrogen (secondary N) is 3. The number of carbonyl (C=O) groups is 1. The topological polar surface area (TPSA) is 87.6 Å². The Hall–Kier alpha value is -3.07. The van der Waals surface area contributed by atoms with Gasteiger partial charge in [0, 0.05) is 24.4 Å². The van der Waals surface area contributed by atoms with Crippen LogP contribution in [0.2, 0.25) is 0 Å². The van der Waals surface area contributed by atoms with E-state index in [1.807, 2.05) is 0 Å². The summed E-state index contributed by atoms with van der Waals surface area (Å²) in [7, 11) is 0. The van der Waals surface area contributed by atoms with Crippen LogP contribution in [0, 0.1) is 11.6 Å². The zero-order valence-corrected chi connectivity index (χ0v) is 14.4. The van der Waals surface area contributed by atoms with E-state index in [1.165, 1.54) is 18.2 Å². The van der Waals surface area contributed by atoms with Crippen molar-refractivity contribution in [3.8, 4) is 11.3 Å². The first-order valence-electron chi connectivity index (χ1n) is 8.69. The van der Waals surface area contributed by atoms with E-state index in [0.717, 1.165) is 32.0 Å². The summed E-state index contributed by atoms with van der Waals surface area (Å²) >= 11 is 0. The molecule has 140 valence electrons. The van der Waals surface area contributed by atoms with Crippen molar-refractivity contribution >= 4 is 11.7 Å². The van der Waals surface area contributed by atoms with Gasteiger partial charge in [0.25, 0.3) is 5.91 Å². The van der Waals surface area contributed by atoms with Crippen LogP contribution in [-0.2, 0) is 0 Å². The Kier molecular flexibility index (Phi) is 4.68. The van der Waals surface area contributed by atoms with E-state index in [-0.39, 0.29) is 28.8 Å². The Bertz CT molecular complexity index is 960. The van der Waals surface area contributed by atoms with Gasteiger partial charge in [0.15, 0.2) is 23.1 Å². The molecule has 9 heteroatoms. The van der Waals surface area contributed by atoms with E-state index >= 15 is 0 Å². The highest BCUT2D eigenvalue weighted by molar-refractivity contribution is 6.02. The van der Waals surface area contributed by atoms with Gasteiger partial charge in [-0.2, -0.15) is 10.2 Å². The predicted octanol–water partition coefficient (Wildman–Crippen LogP) is 2.73. The number of benzene rings is 1. The van der Waals surface area contributed by atoms with Crippen molar-refractivity contribution in [2.24, 2.45) is 0 Å². The predicted molar refractivity (Wildman–Crippen MR) is 95.3 cm³/mol. The third-order valence-corrected chi connectivity index (χ3v) is 4.55. The molecule has 0 bridgehead atoms. The number of hydrogen-bond donors (Lipinski definition) is 3. The Labute approximate surface area is 153 Å². The summed E-state index contributed by atoms with van der Waals surface area (Å²) in [6.45, 7) is 1.82. The number of halogens is 2. The van der Waals surface area contributed by atoms with Gasteiger partial charge in [-0.25, -0.2) is 8.78 Å². The monoisotopic (exact) mass is 372 g/mol. The summed E-state index contributed by atoms with van der Waals surface area (Å²) < 4.78 is 29.0. The van der Waals surface area contributed by atoms with E-state index in [9.17, 15) is 13.6 Å². The van der Waals surface area contributed by atoms with Crippen LogP contribution in [-0.4, -0.2) is 39.0 Å². The smallest absolute Gasteiger partial charge is 0.277 e. The molecule has 1 amide bonds. The molecule has 27 heavy (non-hydrogen) atoms. The number of carbonyl (C=O) groups excluding carboxylic acids is 1. The Balaban J connectivity index is 1.47. The minimum atomic E-state index is -0.973. The zero-order chi connectivity index (χ0) is 18.8. The highest BCUT2D eigenvalue weighted by atomic mass is 19.2. The fourth-order valence-electron chi connectivity index (χ4n) is 3.14. The fourth-order valence-corrected chi connectivity index (χ4v) is 3.14. The standard InChI is InChI=1S/C18H18F2N6O/c19-13-5-1-4-12(17(13)20)15-9-16(24-23-15)22-18(27)14-6-8-26(25-14)11-3-2-7-21-10-11/h1,4-6,8-9,11,21H,2-3,7,10H2,(H2,22,23,24,27). The molecule has 1 saturated heterocycles. The Morgan fingerprint density at radius 1 is 1.30 bits per heavy atom. The lowest BCUT2D eigenvalue weighted by molar-refractivity contribution is 0.102. The maximum absolute atomic E-state index is 13.9. The van der Waals surface area contributed by atoms with Crippen molar-refractivity contribution < 1.29 is 13.6 Å².